The fraction of sp³-hybridized carbons (Fsp3) is 0.393. The first kappa shape index (κ1) is 25.1. The van der Waals surface area contributed by atoms with Gasteiger partial charge in [0.25, 0.3) is 0 Å². The normalized spacial score (nSPS) is 18.5. The highest BCUT2D eigenvalue weighted by Crippen LogP contribution is 2.36. The maximum atomic E-state index is 16.1. The molecule has 3 heterocycles. The van der Waals surface area contributed by atoms with Crippen molar-refractivity contribution in [2.45, 2.75) is 51.7 Å². The number of ether oxygens (including phenoxy) is 1. The zero-order valence-electron chi connectivity index (χ0n) is 20.9. The second kappa shape index (κ2) is 10.8. The SMILES string of the molecule is COc1ccccc1CC(F)c1nc2nc(C#N)nc(-c3cncc(Cl)c3)c2n1CC1CCC(C)CC1. The van der Waals surface area contributed by atoms with E-state index in [1.807, 2.05) is 34.9 Å². The predicted molar refractivity (Wildman–Crippen MR) is 140 cm³/mol. The van der Waals surface area contributed by atoms with Crippen LogP contribution >= 0.6 is 11.6 Å². The van der Waals surface area contributed by atoms with Crippen molar-refractivity contribution in [2.75, 3.05) is 7.11 Å². The van der Waals surface area contributed by atoms with Crippen LogP contribution in [0.2, 0.25) is 5.02 Å². The summed E-state index contributed by atoms with van der Waals surface area (Å²) in [7, 11) is 1.58. The van der Waals surface area contributed by atoms with Gasteiger partial charge in [0, 0.05) is 30.9 Å². The smallest absolute Gasteiger partial charge is 0.234 e. The number of rotatable bonds is 7. The van der Waals surface area contributed by atoms with Crippen LogP contribution in [0.4, 0.5) is 4.39 Å². The number of para-hydroxylation sites is 1. The first-order valence-corrected chi connectivity index (χ1v) is 12.9. The Hall–Kier alpha value is -3.57. The molecule has 4 aromatic rings. The summed E-state index contributed by atoms with van der Waals surface area (Å²) in [6, 6.07) is 11.2. The van der Waals surface area contributed by atoms with Crippen LogP contribution < -0.4 is 4.74 Å². The van der Waals surface area contributed by atoms with Crippen LogP contribution in [0, 0.1) is 23.2 Å². The highest BCUT2D eigenvalue weighted by molar-refractivity contribution is 6.30. The van der Waals surface area contributed by atoms with Crippen LogP contribution in [0.3, 0.4) is 0 Å². The summed E-state index contributed by atoms with van der Waals surface area (Å²) in [4.78, 5) is 17.7. The molecule has 0 spiro atoms. The lowest BCUT2D eigenvalue weighted by molar-refractivity contribution is 0.253. The maximum absolute atomic E-state index is 16.1. The van der Waals surface area contributed by atoms with E-state index in [1.54, 1.807) is 19.4 Å². The Morgan fingerprint density at radius 3 is 2.68 bits per heavy atom. The fourth-order valence-electron chi connectivity index (χ4n) is 5.20. The van der Waals surface area contributed by atoms with Crippen LogP contribution in [-0.2, 0) is 13.0 Å². The summed E-state index contributed by atoms with van der Waals surface area (Å²) >= 11 is 6.24. The molecule has 0 N–H and O–H groups in total. The van der Waals surface area contributed by atoms with Gasteiger partial charge >= 0.3 is 0 Å². The number of alkyl halides is 1. The highest BCUT2D eigenvalue weighted by atomic mass is 35.5. The minimum Gasteiger partial charge on any atom is -0.496 e. The van der Waals surface area contributed by atoms with Crippen molar-refractivity contribution in [3.8, 4) is 23.1 Å². The lowest BCUT2D eigenvalue weighted by Gasteiger charge is -2.27. The van der Waals surface area contributed by atoms with Gasteiger partial charge in [0.15, 0.2) is 11.8 Å². The average molecular weight is 519 g/mol. The Morgan fingerprint density at radius 1 is 1.16 bits per heavy atom. The summed E-state index contributed by atoms with van der Waals surface area (Å²) in [6.07, 6.45) is 6.27. The van der Waals surface area contributed by atoms with Gasteiger partial charge in [-0.05, 0) is 42.4 Å². The molecule has 1 unspecified atom stereocenters. The number of hydrogen-bond acceptors (Lipinski definition) is 6. The monoisotopic (exact) mass is 518 g/mol. The fourth-order valence-corrected chi connectivity index (χ4v) is 5.37. The number of aromatic nitrogens is 5. The third-order valence-electron chi connectivity index (χ3n) is 7.16. The van der Waals surface area contributed by atoms with Crippen LogP contribution in [0.5, 0.6) is 5.75 Å². The number of hydrogen-bond donors (Lipinski definition) is 0. The van der Waals surface area contributed by atoms with Crippen molar-refractivity contribution in [3.63, 3.8) is 0 Å². The summed E-state index contributed by atoms with van der Waals surface area (Å²) < 4.78 is 23.5. The quantitative estimate of drug-likeness (QED) is 0.277. The molecule has 190 valence electrons. The summed E-state index contributed by atoms with van der Waals surface area (Å²) in [6.45, 7) is 2.88. The van der Waals surface area contributed by atoms with Crippen LogP contribution in [0.25, 0.3) is 22.4 Å². The van der Waals surface area contributed by atoms with Crippen molar-refractivity contribution in [1.82, 2.24) is 24.5 Å². The Morgan fingerprint density at radius 2 is 1.95 bits per heavy atom. The largest absolute Gasteiger partial charge is 0.496 e. The van der Waals surface area contributed by atoms with E-state index in [-0.39, 0.29) is 18.1 Å². The molecular formula is C28H28ClFN6O. The van der Waals surface area contributed by atoms with Gasteiger partial charge in [-0.1, -0.05) is 49.6 Å². The van der Waals surface area contributed by atoms with Gasteiger partial charge in [-0.3, -0.25) is 4.98 Å². The molecule has 0 bridgehead atoms. The van der Waals surface area contributed by atoms with E-state index in [9.17, 15) is 5.26 Å². The van der Waals surface area contributed by atoms with Gasteiger partial charge in [0.2, 0.25) is 5.82 Å². The van der Waals surface area contributed by atoms with Crippen molar-refractivity contribution >= 4 is 22.8 Å². The molecule has 1 aromatic carbocycles. The van der Waals surface area contributed by atoms with E-state index in [2.05, 4.69) is 26.9 Å². The molecule has 0 radical (unpaired) electrons. The van der Waals surface area contributed by atoms with E-state index in [0.717, 1.165) is 31.2 Å². The Kier molecular flexibility index (Phi) is 7.33. The lowest BCUT2D eigenvalue weighted by Crippen LogP contribution is -2.20. The second-order valence-corrected chi connectivity index (χ2v) is 10.2. The second-order valence-electron chi connectivity index (χ2n) is 9.76. The van der Waals surface area contributed by atoms with Crippen molar-refractivity contribution in [3.05, 3.63) is 65.0 Å². The molecule has 0 saturated heterocycles. The highest BCUT2D eigenvalue weighted by Gasteiger charge is 2.28. The third kappa shape index (κ3) is 5.28. The molecule has 0 aliphatic heterocycles. The van der Waals surface area contributed by atoms with Gasteiger partial charge in [-0.25, -0.2) is 14.4 Å². The molecule has 1 aliphatic carbocycles. The molecular weight excluding hydrogens is 491 g/mol. The lowest BCUT2D eigenvalue weighted by atomic mass is 9.83. The minimum absolute atomic E-state index is 0.0368. The van der Waals surface area contributed by atoms with Gasteiger partial charge in [0.1, 0.15) is 28.9 Å². The maximum Gasteiger partial charge on any atom is 0.234 e. The number of fused-ring (bicyclic) bond motifs is 1. The number of pyridine rings is 1. The topological polar surface area (TPSA) is 89.5 Å². The molecule has 0 amide bonds. The molecule has 1 saturated carbocycles. The van der Waals surface area contributed by atoms with Crippen molar-refractivity contribution < 1.29 is 9.13 Å². The number of benzene rings is 1. The molecule has 5 rings (SSSR count). The van der Waals surface area contributed by atoms with E-state index < -0.39 is 6.17 Å². The van der Waals surface area contributed by atoms with Gasteiger partial charge < -0.3 is 9.30 Å². The number of nitrogens with zero attached hydrogens (tertiary/aromatic N) is 6. The third-order valence-corrected chi connectivity index (χ3v) is 7.37. The number of halogens is 2. The zero-order chi connectivity index (χ0) is 25.9. The van der Waals surface area contributed by atoms with Crippen molar-refractivity contribution in [1.29, 1.82) is 5.26 Å². The molecule has 1 aliphatic rings. The first-order chi connectivity index (χ1) is 18.0. The summed E-state index contributed by atoms with van der Waals surface area (Å²) in [5.41, 5.74) is 2.75. The molecule has 3 aromatic heterocycles. The Labute approximate surface area is 220 Å². The van der Waals surface area contributed by atoms with Gasteiger partial charge in [-0.2, -0.15) is 10.2 Å². The van der Waals surface area contributed by atoms with Crippen LogP contribution in [0.15, 0.2) is 42.7 Å². The van der Waals surface area contributed by atoms with Crippen LogP contribution in [-0.4, -0.2) is 31.6 Å². The van der Waals surface area contributed by atoms with Crippen LogP contribution in [0.1, 0.15) is 56.0 Å². The van der Waals surface area contributed by atoms with E-state index in [1.165, 1.54) is 6.20 Å². The first-order valence-electron chi connectivity index (χ1n) is 12.5. The minimum atomic E-state index is -1.41. The van der Waals surface area contributed by atoms with Crippen molar-refractivity contribution in [2.24, 2.45) is 11.8 Å². The van der Waals surface area contributed by atoms with E-state index in [4.69, 9.17) is 16.3 Å². The Balaban J connectivity index is 1.66. The molecule has 37 heavy (non-hydrogen) atoms. The molecule has 1 atom stereocenters. The number of nitriles is 1. The summed E-state index contributed by atoms with van der Waals surface area (Å²) in [5, 5.41) is 10.0. The number of imidazole rings is 1. The van der Waals surface area contributed by atoms with E-state index in [0.29, 0.717) is 51.6 Å². The standard InChI is InChI=1S/C28H28ClFN6O/c1-17-7-9-18(10-8-17)16-36-26-25(20-11-21(29)15-32-14-20)33-24(13-31)34-27(26)35-28(36)22(30)12-19-5-3-4-6-23(19)37-2/h3-6,11,14-15,17-18,22H,7-10,12,16H2,1-2H3. The number of methoxy groups -OCH3 is 1. The van der Waals surface area contributed by atoms with E-state index >= 15 is 4.39 Å². The molecule has 7 nitrogen and oxygen atoms in total. The zero-order valence-corrected chi connectivity index (χ0v) is 21.6. The Bertz CT molecular complexity index is 1460. The van der Waals surface area contributed by atoms with Gasteiger partial charge in [-0.15, -0.1) is 0 Å². The van der Waals surface area contributed by atoms with Gasteiger partial charge in [0.05, 0.1) is 12.1 Å². The average Bonchev–Trinajstić information content (AvgIpc) is 3.28. The predicted octanol–water partition coefficient (Wildman–Crippen LogP) is 6.50. The summed E-state index contributed by atoms with van der Waals surface area (Å²) in [5.74, 6) is 1.95. The molecule has 1 fully saturated rings. The molecule has 9 heteroatoms.